The Kier molecular flexibility index (Phi) is 2.19. The van der Waals surface area contributed by atoms with Crippen molar-refractivity contribution in [3.05, 3.63) is 5.21 Å². The third-order valence-corrected chi connectivity index (χ3v) is 3.48. The van der Waals surface area contributed by atoms with Crippen LogP contribution in [0.4, 0.5) is 0 Å². The van der Waals surface area contributed by atoms with Gasteiger partial charge in [-0.05, 0) is 6.26 Å². The van der Waals surface area contributed by atoms with E-state index in [4.69, 9.17) is 0 Å². The Labute approximate surface area is 72.3 Å². The van der Waals surface area contributed by atoms with Crippen molar-refractivity contribution in [2.45, 2.75) is 32.7 Å². The topological polar surface area (TPSA) is 26.1 Å². The molecule has 1 unspecified atom stereocenters. The van der Waals surface area contributed by atoms with Gasteiger partial charge in [-0.1, -0.05) is 18.7 Å². The summed E-state index contributed by atoms with van der Waals surface area (Å²) in [5.41, 5.74) is -0.196. The number of thioether (sulfide) groups is 1. The Morgan fingerprint density at radius 1 is 1.64 bits per heavy atom. The van der Waals surface area contributed by atoms with Gasteiger partial charge < -0.3 is 5.21 Å². The van der Waals surface area contributed by atoms with Crippen molar-refractivity contribution in [3.8, 4) is 0 Å². The molecule has 0 bridgehead atoms. The molecule has 1 aliphatic rings. The Balaban J connectivity index is 2.92. The molecule has 0 spiro atoms. The molecule has 0 saturated heterocycles. The van der Waals surface area contributed by atoms with Crippen LogP contribution >= 0.6 is 11.8 Å². The van der Waals surface area contributed by atoms with Gasteiger partial charge in [0, 0.05) is 26.2 Å². The van der Waals surface area contributed by atoms with Crippen LogP contribution in [0.1, 0.15) is 27.2 Å². The highest BCUT2D eigenvalue weighted by atomic mass is 32.2. The van der Waals surface area contributed by atoms with Crippen molar-refractivity contribution in [2.24, 2.45) is 5.92 Å². The molecule has 0 aromatic carbocycles. The molecule has 1 atom stereocenters. The fourth-order valence-electron chi connectivity index (χ4n) is 1.28. The Hall–Kier alpha value is -0.180. The van der Waals surface area contributed by atoms with E-state index in [9.17, 15) is 5.21 Å². The van der Waals surface area contributed by atoms with Gasteiger partial charge in [-0.25, -0.2) is 0 Å². The van der Waals surface area contributed by atoms with E-state index < -0.39 is 0 Å². The average Bonchev–Trinajstić information content (AvgIpc) is 2.14. The van der Waals surface area contributed by atoms with Gasteiger partial charge in [0.1, 0.15) is 0 Å². The van der Waals surface area contributed by atoms with Crippen molar-refractivity contribution >= 4 is 16.8 Å². The summed E-state index contributed by atoms with van der Waals surface area (Å²) in [7, 11) is 0. The van der Waals surface area contributed by atoms with E-state index in [2.05, 4.69) is 6.92 Å². The molecular weight excluding hydrogens is 158 g/mol. The first kappa shape index (κ1) is 8.91. The third-order valence-electron chi connectivity index (χ3n) is 2.67. The number of rotatable bonds is 0. The normalized spacial score (nSPS) is 29.6. The summed E-state index contributed by atoms with van der Waals surface area (Å²) in [6.07, 6.45) is 2.91. The second-order valence-corrected chi connectivity index (χ2v) is 4.53. The summed E-state index contributed by atoms with van der Waals surface area (Å²) < 4.78 is 1.17. The second-order valence-electron chi connectivity index (χ2n) is 3.65. The zero-order valence-corrected chi connectivity index (χ0v) is 8.36. The first-order valence-corrected chi connectivity index (χ1v) is 5.09. The molecular formula is C8H15NOS. The molecule has 1 aliphatic heterocycles. The molecule has 0 aliphatic carbocycles. The molecule has 0 amide bonds. The summed E-state index contributed by atoms with van der Waals surface area (Å²) in [5.74, 6) is 0.474. The fourth-order valence-corrected chi connectivity index (χ4v) is 2.10. The van der Waals surface area contributed by atoms with Crippen LogP contribution in [0.25, 0.3) is 0 Å². The molecule has 64 valence electrons. The van der Waals surface area contributed by atoms with E-state index in [0.29, 0.717) is 5.92 Å². The summed E-state index contributed by atoms with van der Waals surface area (Å²) in [6.45, 7) is 6.15. The van der Waals surface area contributed by atoms with Gasteiger partial charge in [-0.15, -0.1) is 0 Å². The SMILES string of the molecule is CSC1=[N+]([O-])C(C)(C)C(C)C1. The van der Waals surface area contributed by atoms with E-state index in [1.54, 1.807) is 11.8 Å². The Morgan fingerprint density at radius 3 is 2.36 bits per heavy atom. The fraction of sp³-hybridized carbons (Fsp3) is 0.875. The molecule has 0 N–H and O–H groups in total. The monoisotopic (exact) mass is 173 g/mol. The van der Waals surface area contributed by atoms with Crippen LogP contribution in [-0.2, 0) is 0 Å². The predicted molar refractivity (Wildman–Crippen MR) is 50.0 cm³/mol. The summed E-state index contributed by atoms with van der Waals surface area (Å²) in [5, 5.41) is 12.5. The first-order chi connectivity index (χ1) is 5.00. The molecule has 1 rings (SSSR count). The summed E-state index contributed by atoms with van der Waals surface area (Å²) >= 11 is 1.58. The molecule has 1 heterocycles. The predicted octanol–water partition coefficient (Wildman–Crippen LogP) is 2.08. The minimum Gasteiger partial charge on any atom is -0.623 e. The number of nitrogens with zero attached hydrogens (tertiary/aromatic N) is 1. The maximum absolute atomic E-state index is 11.5. The zero-order chi connectivity index (χ0) is 8.65. The van der Waals surface area contributed by atoms with Gasteiger partial charge >= 0.3 is 0 Å². The zero-order valence-electron chi connectivity index (χ0n) is 7.55. The highest BCUT2D eigenvalue weighted by molar-refractivity contribution is 8.13. The van der Waals surface area contributed by atoms with Crippen LogP contribution in [0, 0.1) is 11.1 Å². The van der Waals surface area contributed by atoms with Gasteiger partial charge in [-0.3, -0.25) is 0 Å². The lowest BCUT2D eigenvalue weighted by atomic mass is 9.90. The Bertz CT molecular complexity index is 198. The van der Waals surface area contributed by atoms with Crippen LogP contribution in [-0.4, -0.2) is 21.6 Å². The van der Waals surface area contributed by atoms with Crippen LogP contribution in [0.5, 0.6) is 0 Å². The molecule has 11 heavy (non-hydrogen) atoms. The number of hydrogen-bond donors (Lipinski definition) is 0. The van der Waals surface area contributed by atoms with E-state index >= 15 is 0 Å². The van der Waals surface area contributed by atoms with Gasteiger partial charge in [0.15, 0.2) is 5.54 Å². The van der Waals surface area contributed by atoms with Crippen molar-refractivity contribution in [1.82, 2.24) is 0 Å². The minimum absolute atomic E-state index is 0.196. The van der Waals surface area contributed by atoms with E-state index in [1.165, 1.54) is 4.74 Å². The lowest BCUT2D eigenvalue weighted by Gasteiger charge is -2.22. The molecule has 3 heteroatoms. The maximum atomic E-state index is 11.5. The van der Waals surface area contributed by atoms with Crippen LogP contribution in [0.15, 0.2) is 0 Å². The van der Waals surface area contributed by atoms with Gasteiger partial charge in [0.25, 0.3) is 0 Å². The van der Waals surface area contributed by atoms with Crippen LogP contribution in [0.2, 0.25) is 0 Å². The smallest absolute Gasteiger partial charge is 0.222 e. The second kappa shape index (κ2) is 2.70. The minimum atomic E-state index is -0.196. The van der Waals surface area contributed by atoms with Crippen molar-refractivity contribution in [1.29, 1.82) is 0 Å². The quantitative estimate of drug-likeness (QED) is 0.414. The Morgan fingerprint density at radius 2 is 2.18 bits per heavy atom. The summed E-state index contributed by atoms with van der Waals surface area (Å²) in [6, 6.07) is 0. The third kappa shape index (κ3) is 1.26. The molecule has 0 radical (unpaired) electrons. The van der Waals surface area contributed by atoms with Crippen molar-refractivity contribution < 1.29 is 4.74 Å². The lowest BCUT2D eigenvalue weighted by Crippen LogP contribution is -2.34. The van der Waals surface area contributed by atoms with E-state index in [-0.39, 0.29) is 5.54 Å². The van der Waals surface area contributed by atoms with Gasteiger partial charge in [0.05, 0.1) is 0 Å². The molecule has 2 nitrogen and oxygen atoms in total. The first-order valence-electron chi connectivity index (χ1n) is 3.87. The lowest BCUT2D eigenvalue weighted by molar-refractivity contribution is -0.536. The van der Waals surface area contributed by atoms with Crippen molar-refractivity contribution in [3.63, 3.8) is 0 Å². The molecule has 0 aromatic heterocycles. The highest BCUT2D eigenvalue weighted by Gasteiger charge is 2.43. The maximum Gasteiger partial charge on any atom is 0.222 e. The highest BCUT2D eigenvalue weighted by Crippen LogP contribution is 2.32. The standard InChI is InChI=1S/C8H15NOS/c1-6-5-7(11-4)9(10)8(6,2)3/h6H,5H2,1-4H3. The van der Waals surface area contributed by atoms with Crippen molar-refractivity contribution in [2.75, 3.05) is 6.26 Å². The van der Waals surface area contributed by atoms with Gasteiger partial charge in [0.2, 0.25) is 5.04 Å². The van der Waals surface area contributed by atoms with Gasteiger partial charge in [-0.2, -0.15) is 4.74 Å². The number of hydroxylamine groups is 1. The molecule has 0 saturated carbocycles. The average molecular weight is 173 g/mol. The molecule has 0 aromatic rings. The number of hydrogen-bond acceptors (Lipinski definition) is 2. The van der Waals surface area contributed by atoms with Crippen LogP contribution < -0.4 is 0 Å². The largest absolute Gasteiger partial charge is 0.623 e. The van der Waals surface area contributed by atoms with E-state index in [1.807, 2.05) is 20.1 Å². The van der Waals surface area contributed by atoms with E-state index in [0.717, 1.165) is 11.5 Å². The summed E-state index contributed by atoms with van der Waals surface area (Å²) in [4.78, 5) is 0. The van der Waals surface area contributed by atoms with Crippen LogP contribution in [0.3, 0.4) is 0 Å². The molecule has 0 fully saturated rings.